The van der Waals surface area contributed by atoms with Crippen LogP contribution in [0.2, 0.25) is 0 Å². The lowest BCUT2D eigenvalue weighted by atomic mass is 9.95. The van der Waals surface area contributed by atoms with Crippen LogP contribution < -0.4 is 15.8 Å². The molecular formula is C21H23FN4O3S. The first kappa shape index (κ1) is 20.5. The number of ether oxygens (including phenoxy) is 2. The third-order valence-corrected chi connectivity index (χ3v) is 6.61. The minimum Gasteiger partial charge on any atom is -0.488 e. The standard InChI is InChI=1S/C21H23FN4O3S/c1-11-17-20(24-10-25-21(17)30-18(11)19(23)27)26-15-8-3-12(22)9-16(15)29-14-6-4-13(28-2)5-7-14/h3,8-10,13-14H,4-7H2,1-2H3,(H2,23,27)(H,24,25,26)/t13-,14-. The van der Waals surface area contributed by atoms with Gasteiger partial charge in [0.05, 0.1) is 28.2 Å². The lowest BCUT2D eigenvalue weighted by Gasteiger charge is -2.28. The average molecular weight is 431 g/mol. The number of amides is 1. The molecule has 4 rings (SSSR count). The fourth-order valence-electron chi connectivity index (χ4n) is 3.79. The Kier molecular flexibility index (Phi) is 5.83. The Morgan fingerprint density at radius 3 is 2.67 bits per heavy atom. The number of aryl methyl sites for hydroxylation is 1. The number of fused-ring (bicyclic) bond motifs is 1. The van der Waals surface area contributed by atoms with Gasteiger partial charge in [-0.1, -0.05) is 0 Å². The summed E-state index contributed by atoms with van der Waals surface area (Å²) in [6.45, 7) is 1.81. The summed E-state index contributed by atoms with van der Waals surface area (Å²) in [6, 6.07) is 4.36. The van der Waals surface area contributed by atoms with Crippen molar-refractivity contribution in [1.29, 1.82) is 0 Å². The van der Waals surface area contributed by atoms with Gasteiger partial charge in [-0.2, -0.15) is 0 Å². The first-order valence-electron chi connectivity index (χ1n) is 9.76. The van der Waals surface area contributed by atoms with E-state index in [0.717, 1.165) is 25.7 Å². The van der Waals surface area contributed by atoms with Crippen LogP contribution in [0.4, 0.5) is 15.9 Å². The molecule has 1 amide bonds. The average Bonchev–Trinajstić information content (AvgIpc) is 3.08. The van der Waals surface area contributed by atoms with E-state index in [1.54, 1.807) is 13.2 Å². The van der Waals surface area contributed by atoms with Crippen LogP contribution in [0.25, 0.3) is 10.2 Å². The van der Waals surface area contributed by atoms with Crippen molar-refractivity contribution in [3.05, 3.63) is 40.8 Å². The number of carbonyl (C=O) groups is 1. The number of benzene rings is 1. The van der Waals surface area contributed by atoms with E-state index in [9.17, 15) is 9.18 Å². The van der Waals surface area contributed by atoms with Crippen LogP contribution in [0.3, 0.4) is 0 Å². The molecule has 1 aliphatic carbocycles. The number of primary amides is 1. The van der Waals surface area contributed by atoms with Gasteiger partial charge in [-0.3, -0.25) is 4.79 Å². The van der Waals surface area contributed by atoms with Crippen LogP contribution >= 0.6 is 11.3 Å². The molecule has 0 unspecified atom stereocenters. The molecule has 7 nitrogen and oxygen atoms in total. The molecule has 0 spiro atoms. The second kappa shape index (κ2) is 8.53. The van der Waals surface area contributed by atoms with E-state index in [4.69, 9.17) is 15.2 Å². The van der Waals surface area contributed by atoms with E-state index in [1.807, 2.05) is 6.92 Å². The van der Waals surface area contributed by atoms with Crippen LogP contribution in [0.1, 0.15) is 40.9 Å². The van der Waals surface area contributed by atoms with Gasteiger partial charge in [0.15, 0.2) is 0 Å². The lowest BCUT2D eigenvalue weighted by molar-refractivity contribution is 0.0329. The number of anilines is 2. The van der Waals surface area contributed by atoms with Crippen LogP contribution in [-0.4, -0.2) is 35.2 Å². The Labute approximate surface area is 177 Å². The largest absolute Gasteiger partial charge is 0.488 e. The number of halogens is 1. The third-order valence-electron chi connectivity index (χ3n) is 5.40. The Morgan fingerprint density at radius 1 is 1.23 bits per heavy atom. The predicted octanol–water partition coefficient (Wildman–Crippen LogP) is 4.32. The van der Waals surface area contributed by atoms with Gasteiger partial charge >= 0.3 is 0 Å². The molecule has 1 aromatic carbocycles. The minimum atomic E-state index is -0.501. The highest BCUT2D eigenvalue weighted by molar-refractivity contribution is 7.20. The summed E-state index contributed by atoms with van der Waals surface area (Å²) in [5.74, 6) is 0.0574. The molecule has 0 saturated heterocycles. The molecule has 2 aromatic heterocycles. The SMILES string of the molecule is CO[C@H]1CC[C@H](Oc2cc(F)ccc2Nc2ncnc3sc(C(N)=O)c(C)c23)CC1. The Morgan fingerprint density at radius 2 is 1.97 bits per heavy atom. The summed E-state index contributed by atoms with van der Waals surface area (Å²) in [5, 5.41) is 3.95. The van der Waals surface area contributed by atoms with E-state index in [1.165, 1.54) is 29.8 Å². The molecule has 1 saturated carbocycles. The molecule has 9 heteroatoms. The van der Waals surface area contributed by atoms with Gasteiger partial charge in [0, 0.05) is 13.2 Å². The predicted molar refractivity (Wildman–Crippen MR) is 114 cm³/mol. The van der Waals surface area contributed by atoms with E-state index in [2.05, 4.69) is 15.3 Å². The van der Waals surface area contributed by atoms with Crippen molar-refractivity contribution in [3.8, 4) is 5.75 Å². The highest BCUT2D eigenvalue weighted by atomic mass is 32.1. The number of hydrogen-bond acceptors (Lipinski definition) is 7. The van der Waals surface area contributed by atoms with Crippen LogP contribution in [-0.2, 0) is 4.74 Å². The molecule has 3 aromatic rings. The topological polar surface area (TPSA) is 99.4 Å². The molecule has 2 heterocycles. The maximum absolute atomic E-state index is 14.0. The highest BCUT2D eigenvalue weighted by Gasteiger charge is 2.24. The monoisotopic (exact) mass is 430 g/mol. The number of thiophene rings is 1. The summed E-state index contributed by atoms with van der Waals surface area (Å²) in [4.78, 5) is 21.4. The van der Waals surface area contributed by atoms with Crippen LogP contribution in [0.15, 0.2) is 24.5 Å². The second-order valence-electron chi connectivity index (χ2n) is 7.34. The fourth-order valence-corrected chi connectivity index (χ4v) is 4.79. The zero-order valence-electron chi connectivity index (χ0n) is 16.8. The van der Waals surface area contributed by atoms with Gasteiger partial charge in [-0.15, -0.1) is 11.3 Å². The third kappa shape index (κ3) is 4.08. The van der Waals surface area contributed by atoms with Crippen LogP contribution in [0, 0.1) is 12.7 Å². The van der Waals surface area contributed by atoms with E-state index in [-0.39, 0.29) is 18.0 Å². The quantitative estimate of drug-likeness (QED) is 0.604. The van der Waals surface area contributed by atoms with Crippen molar-refractivity contribution < 1.29 is 18.7 Å². The van der Waals surface area contributed by atoms with Crippen molar-refractivity contribution in [2.75, 3.05) is 12.4 Å². The van der Waals surface area contributed by atoms with Gasteiger partial charge in [0.1, 0.15) is 28.5 Å². The number of methoxy groups -OCH3 is 1. The molecule has 1 fully saturated rings. The molecule has 1 aliphatic rings. The number of nitrogens with zero attached hydrogens (tertiary/aromatic N) is 2. The summed E-state index contributed by atoms with van der Waals surface area (Å²) in [6.07, 6.45) is 5.18. The molecule has 0 aliphatic heterocycles. The summed E-state index contributed by atoms with van der Waals surface area (Å²) < 4.78 is 25.5. The summed E-state index contributed by atoms with van der Waals surface area (Å²) in [5.41, 5.74) is 6.79. The van der Waals surface area contributed by atoms with Gasteiger partial charge in [0.2, 0.25) is 0 Å². The summed E-state index contributed by atoms with van der Waals surface area (Å²) in [7, 11) is 1.72. The number of hydrogen-bond donors (Lipinski definition) is 2. The Bertz CT molecular complexity index is 1080. The Hall–Kier alpha value is -2.78. The van der Waals surface area contributed by atoms with Crippen molar-refractivity contribution in [3.63, 3.8) is 0 Å². The van der Waals surface area contributed by atoms with Gasteiger partial charge < -0.3 is 20.5 Å². The number of nitrogens with one attached hydrogen (secondary N) is 1. The molecular weight excluding hydrogens is 407 g/mol. The first-order valence-corrected chi connectivity index (χ1v) is 10.6. The van der Waals surface area contributed by atoms with Gasteiger partial charge in [-0.25, -0.2) is 14.4 Å². The highest BCUT2D eigenvalue weighted by Crippen LogP contribution is 2.37. The normalized spacial score (nSPS) is 19.0. The summed E-state index contributed by atoms with van der Waals surface area (Å²) >= 11 is 1.23. The van der Waals surface area contributed by atoms with Crippen LogP contribution in [0.5, 0.6) is 5.75 Å². The van der Waals surface area contributed by atoms with E-state index < -0.39 is 5.91 Å². The van der Waals surface area contributed by atoms with E-state index >= 15 is 0 Å². The molecule has 0 bridgehead atoms. The number of nitrogens with two attached hydrogens (primary N) is 1. The molecule has 0 radical (unpaired) electrons. The van der Waals surface area contributed by atoms with Crippen molar-refractivity contribution in [2.24, 2.45) is 5.73 Å². The number of aromatic nitrogens is 2. The Balaban J connectivity index is 1.63. The lowest BCUT2D eigenvalue weighted by Crippen LogP contribution is -2.27. The zero-order chi connectivity index (χ0) is 21.3. The number of carbonyl (C=O) groups excluding carboxylic acids is 1. The van der Waals surface area contributed by atoms with E-state index in [0.29, 0.717) is 37.9 Å². The van der Waals surface area contributed by atoms with Crippen molar-refractivity contribution in [1.82, 2.24) is 9.97 Å². The minimum absolute atomic E-state index is 0.00600. The second-order valence-corrected chi connectivity index (χ2v) is 8.34. The molecule has 3 N–H and O–H groups in total. The molecule has 0 atom stereocenters. The zero-order valence-corrected chi connectivity index (χ0v) is 17.6. The van der Waals surface area contributed by atoms with Crippen molar-refractivity contribution in [2.45, 2.75) is 44.8 Å². The van der Waals surface area contributed by atoms with Crippen molar-refractivity contribution >= 4 is 39.0 Å². The maximum atomic E-state index is 14.0. The molecule has 30 heavy (non-hydrogen) atoms. The number of rotatable bonds is 6. The smallest absolute Gasteiger partial charge is 0.259 e. The maximum Gasteiger partial charge on any atom is 0.259 e. The van der Waals surface area contributed by atoms with Gasteiger partial charge in [0.25, 0.3) is 5.91 Å². The first-order chi connectivity index (χ1) is 14.5. The molecule has 158 valence electrons. The van der Waals surface area contributed by atoms with Gasteiger partial charge in [-0.05, 0) is 50.3 Å². The fraction of sp³-hybridized carbons (Fsp3) is 0.381.